The molecule has 1 fully saturated rings. The Hall–Kier alpha value is -1.68. The van der Waals surface area contributed by atoms with Crippen molar-refractivity contribution in [3.63, 3.8) is 0 Å². The van der Waals surface area contributed by atoms with Crippen LogP contribution >= 0.6 is 0 Å². The zero-order valence-corrected chi connectivity index (χ0v) is 13.1. The van der Waals surface area contributed by atoms with Crippen molar-refractivity contribution in [1.29, 1.82) is 0 Å². The second-order valence-electron chi connectivity index (χ2n) is 6.42. The summed E-state index contributed by atoms with van der Waals surface area (Å²) in [5.74, 6) is 0.251. The Morgan fingerprint density at radius 1 is 1.09 bits per heavy atom. The molecule has 1 aliphatic rings. The average molecular weight is 302 g/mol. The number of hydrogen-bond acceptors (Lipinski definition) is 3. The van der Waals surface area contributed by atoms with Crippen molar-refractivity contribution in [2.75, 3.05) is 0 Å². The van der Waals surface area contributed by atoms with Crippen LogP contribution in [0.1, 0.15) is 56.9 Å². The molecule has 1 aromatic carbocycles. The molecule has 0 saturated heterocycles. The summed E-state index contributed by atoms with van der Waals surface area (Å²) in [5, 5.41) is 0. The lowest BCUT2D eigenvalue weighted by Gasteiger charge is -2.29. The smallest absolute Gasteiger partial charge is 0.217 e. The monoisotopic (exact) mass is 302 g/mol. The molecule has 1 atom stereocenters. The maximum atomic E-state index is 12.8. The lowest BCUT2D eigenvalue weighted by molar-refractivity contribution is -0.125. The van der Waals surface area contributed by atoms with E-state index in [0.717, 1.165) is 12.0 Å². The van der Waals surface area contributed by atoms with Crippen LogP contribution in [-0.4, -0.2) is 11.7 Å². The van der Waals surface area contributed by atoms with Gasteiger partial charge < -0.3 is 11.5 Å². The minimum absolute atomic E-state index is 0.0202. The topological polar surface area (TPSA) is 86.2 Å². The molecule has 1 amide bonds. The Bertz CT molecular complexity index is 509. The molecule has 0 bridgehead atoms. The molecule has 2 rings (SSSR count). The molecule has 4 N–H and O–H groups in total. The highest BCUT2D eigenvalue weighted by molar-refractivity contribution is 5.90. The van der Waals surface area contributed by atoms with Gasteiger partial charge in [-0.25, -0.2) is 0 Å². The second kappa shape index (κ2) is 7.54. The zero-order chi connectivity index (χ0) is 16.0. The van der Waals surface area contributed by atoms with E-state index in [9.17, 15) is 9.59 Å². The quantitative estimate of drug-likeness (QED) is 0.774. The van der Waals surface area contributed by atoms with Crippen LogP contribution in [0.25, 0.3) is 0 Å². The van der Waals surface area contributed by atoms with E-state index >= 15 is 0 Å². The van der Waals surface area contributed by atoms with E-state index in [1.54, 1.807) is 0 Å². The third-order valence-electron chi connectivity index (χ3n) is 4.81. The summed E-state index contributed by atoms with van der Waals surface area (Å²) in [4.78, 5) is 23.9. The van der Waals surface area contributed by atoms with Gasteiger partial charge in [0.2, 0.25) is 5.91 Å². The van der Waals surface area contributed by atoms with E-state index < -0.39 is 11.4 Å². The van der Waals surface area contributed by atoms with E-state index in [2.05, 4.69) is 0 Å². The fourth-order valence-electron chi connectivity index (χ4n) is 3.36. The number of ketones is 1. The van der Waals surface area contributed by atoms with Gasteiger partial charge in [0.1, 0.15) is 5.54 Å². The van der Waals surface area contributed by atoms with Crippen LogP contribution in [0.4, 0.5) is 0 Å². The van der Waals surface area contributed by atoms with Gasteiger partial charge in [-0.2, -0.15) is 0 Å². The van der Waals surface area contributed by atoms with Crippen LogP contribution in [0.15, 0.2) is 30.3 Å². The summed E-state index contributed by atoms with van der Waals surface area (Å²) in [7, 11) is 0. The summed E-state index contributed by atoms with van der Waals surface area (Å²) >= 11 is 0. The van der Waals surface area contributed by atoms with Crippen molar-refractivity contribution in [2.45, 2.75) is 56.9 Å². The zero-order valence-electron chi connectivity index (χ0n) is 13.1. The van der Waals surface area contributed by atoms with Crippen LogP contribution in [-0.2, 0) is 15.1 Å². The summed E-state index contributed by atoms with van der Waals surface area (Å²) in [5.41, 5.74) is 11.4. The first-order valence-corrected chi connectivity index (χ1v) is 8.18. The molecule has 1 saturated carbocycles. The number of amides is 1. The summed E-state index contributed by atoms with van der Waals surface area (Å²) in [6, 6.07) is 9.33. The summed E-state index contributed by atoms with van der Waals surface area (Å²) in [6.07, 6.45) is 6.77. The largest absolute Gasteiger partial charge is 0.370 e. The van der Waals surface area contributed by atoms with E-state index in [4.69, 9.17) is 11.5 Å². The van der Waals surface area contributed by atoms with Gasteiger partial charge in [-0.1, -0.05) is 56.0 Å². The first kappa shape index (κ1) is 16.7. The molecule has 1 aromatic rings. The number of rotatable bonds is 8. The highest BCUT2D eigenvalue weighted by Crippen LogP contribution is 2.32. The lowest BCUT2D eigenvalue weighted by atomic mass is 9.80. The number of primary amides is 1. The number of hydrogen-bond donors (Lipinski definition) is 2. The van der Waals surface area contributed by atoms with Crippen LogP contribution in [0, 0.1) is 5.92 Å². The van der Waals surface area contributed by atoms with Crippen molar-refractivity contribution < 1.29 is 9.59 Å². The fraction of sp³-hybridized carbons (Fsp3) is 0.556. The van der Waals surface area contributed by atoms with E-state index in [0.29, 0.717) is 12.3 Å². The first-order chi connectivity index (χ1) is 10.5. The third-order valence-corrected chi connectivity index (χ3v) is 4.81. The van der Waals surface area contributed by atoms with E-state index in [-0.39, 0.29) is 18.6 Å². The van der Waals surface area contributed by atoms with Crippen LogP contribution in [0.2, 0.25) is 0 Å². The van der Waals surface area contributed by atoms with Crippen molar-refractivity contribution in [3.8, 4) is 0 Å². The van der Waals surface area contributed by atoms with E-state index in [1.165, 1.54) is 25.7 Å². The van der Waals surface area contributed by atoms with Gasteiger partial charge in [0, 0.05) is 12.8 Å². The Labute approximate surface area is 132 Å². The van der Waals surface area contributed by atoms with Gasteiger partial charge in [0.25, 0.3) is 0 Å². The molecule has 4 nitrogen and oxygen atoms in total. The Morgan fingerprint density at radius 3 is 2.32 bits per heavy atom. The molecule has 1 aliphatic carbocycles. The number of benzene rings is 1. The predicted molar refractivity (Wildman–Crippen MR) is 86.9 cm³/mol. The Kier molecular flexibility index (Phi) is 5.72. The van der Waals surface area contributed by atoms with Gasteiger partial charge in [0.15, 0.2) is 5.78 Å². The highest BCUT2D eigenvalue weighted by atomic mass is 16.1. The van der Waals surface area contributed by atoms with Gasteiger partial charge in [-0.3, -0.25) is 9.59 Å². The molecule has 0 aliphatic heterocycles. The summed E-state index contributed by atoms with van der Waals surface area (Å²) in [6.45, 7) is 0. The maximum absolute atomic E-state index is 12.8. The number of carbonyl (C=O) groups excluding carboxylic acids is 2. The molecule has 0 heterocycles. The van der Waals surface area contributed by atoms with Crippen LogP contribution < -0.4 is 11.5 Å². The van der Waals surface area contributed by atoms with Gasteiger partial charge in [0.05, 0.1) is 0 Å². The standard InChI is InChI=1S/C18H26N2O2/c19-17(22)12-13-18(20,15-8-2-1-3-9-15)16(21)11-10-14-6-4-5-7-14/h1-3,8-9,14H,4-7,10-13,20H2,(H2,19,22). The Morgan fingerprint density at radius 2 is 1.73 bits per heavy atom. The van der Waals surface area contributed by atoms with Crippen LogP contribution in [0.3, 0.4) is 0 Å². The van der Waals surface area contributed by atoms with Gasteiger partial charge in [-0.05, 0) is 24.3 Å². The fourth-order valence-corrected chi connectivity index (χ4v) is 3.36. The SMILES string of the molecule is NC(=O)CCC(N)(C(=O)CCC1CCCC1)c1ccccc1. The molecular weight excluding hydrogens is 276 g/mol. The van der Waals surface area contributed by atoms with Gasteiger partial charge in [-0.15, -0.1) is 0 Å². The third kappa shape index (κ3) is 4.17. The molecule has 120 valence electrons. The molecule has 0 aromatic heterocycles. The number of carbonyl (C=O) groups is 2. The predicted octanol–water partition coefficient (Wildman–Crippen LogP) is 2.65. The first-order valence-electron chi connectivity index (χ1n) is 8.18. The highest BCUT2D eigenvalue weighted by Gasteiger charge is 2.35. The number of Topliss-reactive ketones (excluding diaryl/α,β-unsaturated/α-hetero) is 1. The molecular formula is C18H26N2O2. The minimum Gasteiger partial charge on any atom is -0.370 e. The van der Waals surface area contributed by atoms with Crippen molar-refractivity contribution in [1.82, 2.24) is 0 Å². The van der Waals surface area contributed by atoms with Crippen molar-refractivity contribution in [2.24, 2.45) is 17.4 Å². The van der Waals surface area contributed by atoms with E-state index in [1.807, 2.05) is 30.3 Å². The lowest BCUT2D eigenvalue weighted by Crippen LogP contribution is -2.45. The molecule has 1 unspecified atom stereocenters. The Balaban J connectivity index is 2.08. The molecule has 0 radical (unpaired) electrons. The minimum atomic E-state index is -1.10. The summed E-state index contributed by atoms with van der Waals surface area (Å²) < 4.78 is 0. The average Bonchev–Trinajstić information content (AvgIpc) is 3.04. The number of nitrogens with two attached hydrogens (primary N) is 2. The van der Waals surface area contributed by atoms with Crippen LogP contribution in [0.5, 0.6) is 0 Å². The maximum Gasteiger partial charge on any atom is 0.217 e. The molecule has 0 spiro atoms. The normalized spacial score (nSPS) is 18.0. The van der Waals surface area contributed by atoms with Crippen molar-refractivity contribution in [3.05, 3.63) is 35.9 Å². The second-order valence-corrected chi connectivity index (χ2v) is 6.42. The van der Waals surface area contributed by atoms with Crippen molar-refractivity contribution >= 4 is 11.7 Å². The molecule has 4 heteroatoms. The molecule has 22 heavy (non-hydrogen) atoms. The van der Waals surface area contributed by atoms with Gasteiger partial charge >= 0.3 is 0 Å².